The molecule has 1 saturated heterocycles. The summed E-state index contributed by atoms with van der Waals surface area (Å²) in [6, 6.07) is 7.04. The Morgan fingerprint density at radius 2 is 2.14 bits per heavy atom. The molecule has 5 nitrogen and oxygen atoms in total. The Hall–Kier alpha value is -1.88. The van der Waals surface area contributed by atoms with E-state index in [1.165, 1.54) is 7.11 Å². The monoisotopic (exact) mass is 290 g/mol. The summed E-state index contributed by atoms with van der Waals surface area (Å²) in [5, 5.41) is 3.38. The lowest BCUT2D eigenvalue weighted by Crippen LogP contribution is -2.58. The minimum Gasteiger partial charge on any atom is -0.465 e. The second kappa shape index (κ2) is 6.26. The Kier molecular flexibility index (Phi) is 4.63. The first-order valence-corrected chi connectivity index (χ1v) is 7.11. The Morgan fingerprint density at radius 3 is 2.81 bits per heavy atom. The molecule has 1 fully saturated rings. The van der Waals surface area contributed by atoms with Crippen LogP contribution in [-0.4, -0.2) is 49.1 Å². The van der Waals surface area contributed by atoms with Crippen molar-refractivity contribution < 1.29 is 14.3 Å². The van der Waals surface area contributed by atoms with Gasteiger partial charge in [-0.3, -0.25) is 4.79 Å². The van der Waals surface area contributed by atoms with Gasteiger partial charge in [-0.1, -0.05) is 12.1 Å². The number of nitrogens with zero attached hydrogens (tertiary/aromatic N) is 1. The van der Waals surface area contributed by atoms with Crippen LogP contribution in [0.4, 0.5) is 0 Å². The maximum absolute atomic E-state index is 12.4. The first-order valence-electron chi connectivity index (χ1n) is 7.11. The number of rotatable bonds is 3. The third-order valence-corrected chi connectivity index (χ3v) is 3.63. The highest BCUT2D eigenvalue weighted by molar-refractivity contribution is 5.90. The van der Waals surface area contributed by atoms with E-state index in [1.54, 1.807) is 18.2 Å². The molecule has 2 rings (SSSR count). The smallest absolute Gasteiger partial charge is 0.337 e. The summed E-state index contributed by atoms with van der Waals surface area (Å²) in [5.41, 5.74) is 1.25. The van der Waals surface area contributed by atoms with Crippen molar-refractivity contribution in [2.24, 2.45) is 0 Å². The summed E-state index contributed by atoms with van der Waals surface area (Å²) >= 11 is 0. The zero-order valence-corrected chi connectivity index (χ0v) is 12.8. The molecule has 0 saturated carbocycles. The van der Waals surface area contributed by atoms with Gasteiger partial charge in [-0.2, -0.15) is 0 Å². The van der Waals surface area contributed by atoms with Gasteiger partial charge in [0.25, 0.3) is 0 Å². The van der Waals surface area contributed by atoms with Crippen molar-refractivity contribution in [3.05, 3.63) is 35.4 Å². The number of piperazine rings is 1. The average Bonchev–Trinajstić information content (AvgIpc) is 2.45. The second-order valence-electron chi connectivity index (χ2n) is 5.99. The van der Waals surface area contributed by atoms with Gasteiger partial charge in [-0.05, 0) is 31.5 Å². The number of hydrogen-bond acceptors (Lipinski definition) is 4. The maximum Gasteiger partial charge on any atom is 0.337 e. The highest BCUT2D eigenvalue weighted by atomic mass is 16.5. The molecule has 0 bridgehead atoms. The zero-order chi connectivity index (χ0) is 15.5. The van der Waals surface area contributed by atoms with E-state index in [9.17, 15) is 9.59 Å². The van der Waals surface area contributed by atoms with Gasteiger partial charge in [-0.25, -0.2) is 4.79 Å². The molecule has 0 aromatic heterocycles. The number of hydrogen-bond donors (Lipinski definition) is 1. The van der Waals surface area contributed by atoms with Crippen molar-refractivity contribution in [3.63, 3.8) is 0 Å². The van der Waals surface area contributed by atoms with Crippen LogP contribution < -0.4 is 5.32 Å². The van der Waals surface area contributed by atoms with Gasteiger partial charge in [0, 0.05) is 25.2 Å². The number of ether oxygens (including phenoxy) is 1. The number of benzene rings is 1. The van der Waals surface area contributed by atoms with Crippen molar-refractivity contribution in [2.75, 3.05) is 26.7 Å². The van der Waals surface area contributed by atoms with E-state index in [0.717, 1.165) is 18.7 Å². The van der Waals surface area contributed by atoms with Crippen molar-refractivity contribution in [2.45, 2.75) is 25.8 Å². The van der Waals surface area contributed by atoms with Gasteiger partial charge in [-0.15, -0.1) is 0 Å². The van der Waals surface area contributed by atoms with E-state index in [2.05, 4.69) is 19.2 Å². The van der Waals surface area contributed by atoms with E-state index in [0.29, 0.717) is 18.5 Å². The van der Waals surface area contributed by atoms with Crippen LogP contribution in [0.5, 0.6) is 0 Å². The fraction of sp³-hybridized carbons (Fsp3) is 0.500. The first-order chi connectivity index (χ1) is 9.91. The Labute approximate surface area is 125 Å². The van der Waals surface area contributed by atoms with Gasteiger partial charge in [0.1, 0.15) is 0 Å². The molecule has 5 heteroatoms. The number of esters is 1. The SMILES string of the molecule is COC(=O)c1cccc(CC(=O)N2CCNC(C)(C)C2)c1. The number of methoxy groups -OCH3 is 1. The minimum absolute atomic E-state index is 0.0538. The third kappa shape index (κ3) is 4.04. The highest BCUT2D eigenvalue weighted by Crippen LogP contribution is 2.13. The molecule has 0 unspecified atom stereocenters. The third-order valence-electron chi connectivity index (χ3n) is 3.63. The van der Waals surface area contributed by atoms with Gasteiger partial charge in [0.2, 0.25) is 5.91 Å². The van der Waals surface area contributed by atoms with Crippen molar-refractivity contribution in [3.8, 4) is 0 Å². The number of carbonyl (C=O) groups is 2. The van der Waals surface area contributed by atoms with Crippen LogP contribution in [0.15, 0.2) is 24.3 Å². The fourth-order valence-electron chi connectivity index (χ4n) is 2.57. The van der Waals surface area contributed by atoms with Crippen molar-refractivity contribution in [1.82, 2.24) is 10.2 Å². The van der Waals surface area contributed by atoms with Gasteiger partial charge < -0.3 is 15.0 Å². The summed E-state index contributed by atoms with van der Waals surface area (Å²) in [7, 11) is 1.35. The topological polar surface area (TPSA) is 58.6 Å². The molecule has 0 radical (unpaired) electrons. The summed E-state index contributed by atoms with van der Waals surface area (Å²) < 4.78 is 4.70. The second-order valence-corrected chi connectivity index (χ2v) is 5.99. The van der Waals surface area contributed by atoms with Crippen molar-refractivity contribution in [1.29, 1.82) is 0 Å². The summed E-state index contributed by atoms with van der Waals surface area (Å²) in [4.78, 5) is 25.8. The molecule has 1 amide bonds. The molecular formula is C16H22N2O3. The van der Waals surface area contributed by atoms with Crippen LogP contribution in [0.3, 0.4) is 0 Å². The molecule has 0 atom stereocenters. The van der Waals surface area contributed by atoms with E-state index < -0.39 is 0 Å². The van der Waals surface area contributed by atoms with Gasteiger partial charge >= 0.3 is 5.97 Å². The van der Waals surface area contributed by atoms with Crippen LogP contribution >= 0.6 is 0 Å². The first kappa shape index (κ1) is 15.5. The lowest BCUT2D eigenvalue weighted by atomic mass is 10.0. The van der Waals surface area contributed by atoms with Crippen LogP contribution in [0, 0.1) is 0 Å². The van der Waals surface area contributed by atoms with Crippen LogP contribution in [0.2, 0.25) is 0 Å². The number of carbonyl (C=O) groups excluding carboxylic acids is 2. The van der Waals surface area contributed by atoms with Crippen LogP contribution in [0.1, 0.15) is 29.8 Å². The summed E-state index contributed by atoms with van der Waals surface area (Å²) in [6.07, 6.45) is 0.306. The van der Waals surface area contributed by atoms with E-state index in [4.69, 9.17) is 4.74 Å². The zero-order valence-electron chi connectivity index (χ0n) is 12.8. The minimum atomic E-state index is -0.382. The molecule has 1 aliphatic heterocycles. The molecule has 114 valence electrons. The fourth-order valence-corrected chi connectivity index (χ4v) is 2.57. The Morgan fingerprint density at radius 1 is 1.38 bits per heavy atom. The highest BCUT2D eigenvalue weighted by Gasteiger charge is 2.28. The van der Waals surface area contributed by atoms with Gasteiger partial charge in [0.05, 0.1) is 19.1 Å². The van der Waals surface area contributed by atoms with Gasteiger partial charge in [0.15, 0.2) is 0 Å². The van der Waals surface area contributed by atoms with E-state index >= 15 is 0 Å². The molecule has 0 spiro atoms. The van der Waals surface area contributed by atoms with Crippen LogP contribution in [-0.2, 0) is 16.0 Å². The number of amides is 1. The van der Waals surface area contributed by atoms with Crippen LogP contribution in [0.25, 0.3) is 0 Å². The largest absolute Gasteiger partial charge is 0.465 e. The molecular weight excluding hydrogens is 268 g/mol. The Bertz CT molecular complexity index is 540. The predicted molar refractivity (Wildman–Crippen MR) is 80.1 cm³/mol. The molecule has 1 heterocycles. The summed E-state index contributed by atoms with van der Waals surface area (Å²) in [6.45, 7) is 6.40. The quantitative estimate of drug-likeness (QED) is 0.851. The maximum atomic E-state index is 12.4. The molecule has 0 aliphatic carbocycles. The van der Waals surface area contributed by atoms with E-state index in [1.807, 2.05) is 11.0 Å². The molecule has 1 aliphatic rings. The Balaban J connectivity index is 2.04. The van der Waals surface area contributed by atoms with Crippen molar-refractivity contribution >= 4 is 11.9 Å². The lowest BCUT2D eigenvalue weighted by molar-refractivity contribution is -0.132. The summed E-state index contributed by atoms with van der Waals surface area (Å²) in [5.74, 6) is -0.292. The molecule has 1 aromatic rings. The number of nitrogens with one attached hydrogen (secondary N) is 1. The van der Waals surface area contributed by atoms with E-state index in [-0.39, 0.29) is 17.4 Å². The molecule has 1 aromatic carbocycles. The molecule has 1 N–H and O–H groups in total. The lowest BCUT2D eigenvalue weighted by Gasteiger charge is -2.39. The average molecular weight is 290 g/mol. The molecule has 21 heavy (non-hydrogen) atoms. The standard InChI is InChI=1S/C16H22N2O3/c1-16(2)11-18(8-7-17-16)14(19)10-12-5-4-6-13(9-12)15(20)21-3/h4-6,9,17H,7-8,10-11H2,1-3H3. The normalized spacial score (nSPS) is 17.4. The predicted octanol–water partition coefficient (Wildman–Crippen LogP) is 1.23.